The van der Waals surface area contributed by atoms with Gasteiger partial charge >= 0.3 is 0 Å². The van der Waals surface area contributed by atoms with Crippen LogP contribution in [0.4, 0.5) is 4.39 Å². The van der Waals surface area contributed by atoms with Crippen LogP contribution in [0.5, 0.6) is 0 Å². The Labute approximate surface area is 141 Å². The van der Waals surface area contributed by atoms with E-state index in [1.54, 1.807) is 17.0 Å². The maximum absolute atomic E-state index is 13.0. The summed E-state index contributed by atoms with van der Waals surface area (Å²) in [6.07, 6.45) is 2.46. The summed E-state index contributed by atoms with van der Waals surface area (Å²) < 4.78 is 17.9. The number of carbonyl (C=O) groups is 2. The van der Waals surface area contributed by atoms with Crippen molar-refractivity contribution in [3.63, 3.8) is 0 Å². The van der Waals surface area contributed by atoms with Gasteiger partial charge in [0, 0.05) is 33.3 Å². The Hall–Kier alpha value is -1.95. The van der Waals surface area contributed by atoms with E-state index >= 15 is 0 Å². The molecule has 5 nitrogen and oxygen atoms in total. The fourth-order valence-electron chi connectivity index (χ4n) is 3.79. The summed E-state index contributed by atoms with van der Waals surface area (Å²) in [6.45, 7) is 2.35. The second-order valence-corrected chi connectivity index (χ2v) is 6.74. The minimum absolute atomic E-state index is 0.0576. The van der Waals surface area contributed by atoms with Gasteiger partial charge < -0.3 is 14.5 Å². The van der Waals surface area contributed by atoms with Crippen molar-refractivity contribution in [2.75, 3.05) is 33.4 Å². The van der Waals surface area contributed by atoms with Crippen LogP contribution in [0.3, 0.4) is 0 Å². The zero-order valence-electron chi connectivity index (χ0n) is 14.0. The minimum atomic E-state index is -0.457. The number of halogens is 1. The molecule has 24 heavy (non-hydrogen) atoms. The maximum atomic E-state index is 13.0. The van der Waals surface area contributed by atoms with Gasteiger partial charge in [0.15, 0.2) is 0 Å². The van der Waals surface area contributed by atoms with E-state index in [0.29, 0.717) is 32.6 Å². The molecule has 0 aromatic heterocycles. The van der Waals surface area contributed by atoms with Crippen LogP contribution in [-0.2, 0) is 20.9 Å². The average Bonchev–Trinajstić information content (AvgIpc) is 3.00. The van der Waals surface area contributed by atoms with Crippen molar-refractivity contribution in [2.24, 2.45) is 5.41 Å². The Bertz CT molecular complexity index is 619. The lowest BCUT2D eigenvalue weighted by Crippen LogP contribution is -2.50. The monoisotopic (exact) mass is 334 g/mol. The number of benzene rings is 1. The zero-order valence-corrected chi connectivity index (χ0v) is 14.0. The number of hydrogen-bond acceptors (Lipinski definition) is 3. The smallest absolute Gasteiger partial charge is 0.248 e. The highest BCUT2D eigenvalue weighted by Crippen LogP contribution is 2.40. The fourth-order valence-corrected chi connectivity index (χ4v) is 3.79. The molecule has 2 saturated heterocycles. The molecule has 2 heterocycles. The summed E-state index contributed by atoms with van der Waals surface area (Å²) in [5.74, 6) is -0.216. The van der Waals surface area contributed by atoms with Gasteiger partial charge in [-0.15, -0.1) is 0 Å². The van der Waals surface area contributed by atoms with Crippen molar-refractivity contribution in [1.82, 2.24) is 9.80 Å². The predicted molar refractivity (Wildman–Crippen MR) is 86.6 cm³/mol. The van der Waals surface area contributed by atoms with Crippen LogP contribution in [0.1, 0.15) is 24.8 Å². The molecule has 0 unspecified atom stereocenters. The normalized spacial score (nSPS) is 24.0. The summed E-state index contributed by atoms with van der Waals surface area (Å²) in [7, 11) is 1.50. The Balaban J connectivity index is 1.69. The number of carbonyl (C=O) groups excluding carboxylic acids is 2. The van der Waals surface area contributed by atoms with Crippen LogP contribution < -0.4 is 0 Å². The Morgan fingerprint density at radius 1 is 1.25 bits per heavy atom. The minimum Gasteiger partial charge on any atom is -0.375 e. The molecule has 0 bridgehead atoms. The van der Waals surface area contributed by atoms with E-state index in [-0.39, 0.29) is 24.2 Å². The van der Waals surface area contributed by atoms with Crippen molar-refractivity contribution in [3.8, 4) is 0 Å². The number of amides is 2. The summed E-state index contributed by atoms with van der Waals surface area (Å²) in [5.41, 5.74) is 0.467. The summed E-state index contributed by atoms with van der Waals surface area (Å²) >= 11 is 0. The fraction of sp³-hybridized carbons (Fsp3) is 0.556. The van der Waals surface area contributed by atoms with Crippen LogP contribution in [0.2, 0.25) is 0 Å². The Kier molecular flexibility index (Phi) is 4.85. The molecule has 1 atom stereocenters. The number of likely N-dealkylation sites (tertiary alicyclic amines) is 2. The molecule has 1 aromatic carbocycles. The number of hydrogen-bond donors (Lipinski definition) is 0. The number of piperidine rings is 1. The quantitative estimate of drug-likeness (QED) is 0.844. The number of rotatable bonds is 4. The highest BCUT2D eigenvalue weighted by Gasteiger charge is 2.49. The molecular weight excluding hydrogens is 311 g/mol. The lowest BCUT2D eigenvalue weighted by atomic mass is 9.78. The van der Waals surface area contributed by atoms with Crippen LogP contribution in [0.25, 0.3) is 0 Å². The van der Waals surface area contributed by atoms with Gasteiger partial charge in [0.05, 0.1) is 5.41 Å². The first-order valence-corrected chi connectivity index (χ1v) is 8.35. The van der Waals surface area contributed by atoms with Gasteiger partial charge in [-0.3, -0.25) is 9.59 Å². The van der Waals surface area contributed by atoms with Gasteiger partial charge in [-0.1, -0.05) is 12.1 Å². The van der Waals surface area contributed by atoms with Crippen LogP contribution in [0, 0.1) is 11.2 Å². The van der Waals surface area contributed by atoms with Crippen molar-refractivity contribution in [3.05, 3.63) is 35.6 Å². The summed E-state index contributed by atoms with van der Waals surface area (Å²) in [6, 6.07) is 6.26. The van der Waals surface area contributed by atoms with Gasteiger partial charge in [0.25, 0.3) is 0 Å². The Morgan fingerprint density at radius 3 is 2.71 bits per heavy atom. The number of nitrogens with zero attached hydrogens (tertiary/aromatic N) is 2. The lowest BCUT2D eigenvalue weighted by molar-refractivity contribution is -0.147. The number of ether oxygens (including phenoxy) is 1. The topological polar surface area (TPSA) is 49.9 Å². The van der Waals surface area contributed by atoms with Gasteiger partial charge in [-0.25, -0.2) is 4.39 Å². The molecule has 2 aliphatic rings. The molecule has 1 spiro atoms. The van der Waals surface area contributed by atoms with E-state index in [0.717, 1.165) is 18.4 Å². The summed E-state index contributed by atoms with van der Waals surface area (Å²) in [4.78, 5) is 28.6. The van der Waals surface area contributed by atoms with Crippen molar-refractivity contribution >= 4 is 11.8 Å². The number of methoxy groups -OCH3 is 1. The van der Waals surface area contributed by atoms with Crippen LogP contribution in [-0.4, -0.2) is 55.0 Å². The molecule has 2 fully saturated rings. The second-order valence-electron chi connectivity index (χ2n) is 6.74. The van der Waals surface area contributed by atoms with Gasteiger partial charge in [-0.2, -0.15) is 0 Å². The van der Waals surface area contributed by atoms with Gasteiger partial charge in [0.2, 0.25) is 11.8 Å². The summed E-state index contributed by atoms with van der Waals surface area (Å²) in [5, 5.41) is 0. The van der Waals surface area contributed by atoms with E-state index in [2.05, 4.69) is 0 Å². The first-order chi connectivity index (χ1) is 11.5. The van der Waals surface area contributed by atoms with Crippen molar-refractivity contribution in [1.29, 1.82) is 0 Å². The SMILES string of the molecule is COCC(=O)N1CC[C@]2(CCCN(Cc3ccc(F)cc3)C2=O)C1. The van der Waals surface area contributed by atoms with E-state index in [9.17, 15) is 14.0 Å². The highest BCUT2D eigenvalue weighted by molar-refractivity contribution is 5.86. The molecular formula is C18H23FN2O3. The van der Waals surface area contributed by atoms with Gasteiger partial charge in [0.1, 0.15) is 12.4 Å². The Morgan fingerprint density at radius 2 is 2.00 bits per heavy atom. The van der Waals surface area contributed by atoms with Crippen LogP contribution in [0.15, 0.2) is 24.3 Å². The standard InChI is InChI=1S/C18H23FN2O3/c1-24-12-16(22)21-10-8-18(13-21)7-2-9-20(17(18)23)11-14-3-5-15(19)6-4-14/h3-6H,2,7-13H2,1H3/t18-/m1/s1. The molecule has 0 saturated carbocycles. The first-order valence-electron chi connectivity index (χ1n) is 8.35. The average molecular weight is 334 g/mol. The molecule has 2 aliphatic heterocycles. The third-order valence-corrected chi connectivity index (χ3v) is 5.09. The van der Waals surface area contributed by atoms with E-state index in [4.69, 9.17) is 4.74 Å². The molecule has 0 N–H and O–H groups in total. The van der Waals surface area contributed by atoms with E-state index < -0.39 is 5.41 Å². The third-order valence-electron chi connectivity index (χ3n) is 5.09. The molecule has 3 rings (SSSR count). The molecule has 6 heteroatoms. The maximum Gasteiger partial charge on any atom is 0.248 e. The van der Waals surface area contributed by atoms with Crippen LogP contribution >= 0.6 is 0 Å². The van der Waals surface area contributed by atoms with Crippen molar-refractivity contribution < 1.29 is 18.7 Å². The molecule has 1 aromatic rings. The second kappa shape index (κ2) is 6.89. The molecule has 0 aliphatic carbocycles. The molecule has 2 amide bonds. The van der Waals surface area contributed by atoms with E-state index in [1.165, 1.54) is 19.2 Å². The van der Waals surface area contributed by atoms with E-state index in [1.807, 2.05) is 4.90 Å². The molecule has 130 valence electrons. The van der Waals surface area contributed by atoms with Gasteiger partial charge in [-0.05, 0) is 37.0 Å². The lowest BCUT2D eigenvalue weighted by Gasteiger charge is -2.39. The van der Waals surface area contributed by atoms with Crippen molar-refractivity contribution in [2.45, 2.75) is 25.8 Å². The third kappa shape index (κ3) is 3.29. The zero-order chi connectivity index (χ0) is 17.2. The highest BCUT2D eigenvalue weighted by atomic mass is 19.1. The predicted octanol–water partition coefficient (Wildman–Crippen LogP) is 1.81. The largest absolute Gasteiger partial charge is 0.375 e. The first kappa shape index (κ1) is 16.9. The molecule has 0 radical (unpaired) electrons.